The van der Waals surface area contributed by atoms with Gasteiger partial charge in [0.05, 0.1) is 0 Å². The summed E-state index contributed by atoms with van der Waals surface area (Å²) in [5.41, 5.74) is 1.01. The van der Waals surface area contributed by atoms with E-state index in [4.69, 9.17) is 0 Å². The van der Waals surface area contributed by atoms with Crippen molar-refractivity contribution in [2.75, 3.05) is 7.05 Å². The summed E-state index contributed by atoms with van der Waals surface area (Å²) < 4.78 is 0. The highest BCUT2D eigenvalue weighted by Crippen LogP contribution is 2.20. The Kier molecular flexibility index (Phi) is 2.94. The van der Waals surface area contributed by atoms with Crippen LogP contribution < -0.4 is 5.32 Å². The smallest absolute Gasteiger partial charge is 0.118 e. The van der Waals surface area contributed by atoms with Gasteiger partial charge in [-0.2, -0.15) is 0 Å². The van der Waals surface area contributed by atoms with Gasteiger partial charge in [-0.3, -0.25) is 0 Å². The molecule has 0 aliphatic carbocycles. The number of hydrogen-bond acceptors (Lipinski definition) is 2. The van der Waals surface area contributed by atoms with E-state index in [0.29, 0.717) is 5.75 Å². The Labute approximate surface area is 79.6 Å². The number of para-hydroxylation sites is 1. The van der Waals surface area contributed by atoms with Gasteiger partial charge in [0, 0.05) is 5.54 Å². The van der Waals surface area contributed by atoms with Crippen molar-refractivity contribution in [3.05, 3.63) is 29.8 Å². The van der Waals surface area contributed by atoms with Crippen LogP contribution in [0.15, 0.2) is 24.3 Å². The largest absolute Gasteiger partial charge is 0.508 e. The predicted octanol–water partition coefficient (Wildman–Crippen LogP) is 1.93. The molecule has 2 N–H and O–H groups in total. The number of likely N-dealkylation sites (N-methyl/N-ethyl adjacent to an activating group) is 1. The Hall–Kier alpha value is -1.02. The lowest BCUT2D eigenvalue weighted by Crippen LogP contribution is -2.38. The van der Waals surface area contributed by atoms with E-state index in [9.17, 15) is 5.11 Å². The number of hydrogen-bond donors (Lipinski definition) is 2. The molecule has 0 fully saturated rings. The van der Waals surface area contributed by atoms with Gasteiger partial charge in [0.1, 0.15) is 5.75 Å². The molecule has 0 saturated carbocycles. The lowest BCUT2D eigenvalue weighted by molar-refractivity contribution is 0.405. The molecule has 0 aliphatic rings. The Morgan fingerprint density at radius 2 is 1.92 bits per heavy atom. The maximum absolute atomic E-state index is 9.54. The molecule has 0 spiro atoms. The topological polar surface area (TPSA) is 32.3 Å². The summed E-state index contributed by atoms with van der Waals surface area (Å²) in [5, 5.41) is 12.7. The summed E-state index contributed by atoms with van der Waals surface area (Å²) in [7, 11) is 1.93. The fraction of sp³-hybridized carbons (Fsp3) is 0.455. The predicted molar refractivity (Wildman–Crippen MR) is 54.9 cm³/mol. The molecule has 0 heterocycles. The van der Waals surface area contributed by atoms with Crippen LogP contribution in [0.3, 0.4) is 0 Å². The molecule has 0 bridgehead atoms. The molecule has 1 rings (SSSR count). The van der Waals surface area contributed by atoms with E-state index in [1.165, 1.54) is 0 Å². The van der Waals surface area contributed by atoms with Gasteiger partial charge in [-0.1, -0.05) is 18.2 Å². The van der Waals surface area contributed by atoms with Crippen molar-refractivity contribution in [1.29, 1.82) is 0 Å². The number of rotatable bonds is 3. The van der Waals surface area contributed by atoms with Gasteiger partial charge in [-0.15, -0.1) is 0 Å². The van der Waals surface area contributed by atoms with E-state index in [1.807, 2.05) is 25.2 Å². The molecule has 0 unspecified atom stereocenters. The molecule has 72 valence electrons. The lowest BCUT2D eigenvalue weighted by atomic mass is 9.95. The standard InChI is InChI=1S/C11H17NO/c1-11(2,12-3)8-9-6-4-5-7-10(9)13/h4-7,12-13H,8H2,1-3H3. The first-order valence-electron chi connectivity index (χ1n) is 4.51. The molecule has 1 aromatic carbocycles. The van der Waals surface area contributed by atoms with Gasteiger partial charge in [0.25, 0.3) is 0 Å². The van der Waals surface area contributed by atoms with E-state index in [-0.39, 0.29) is 5.54 Å². The third-order valence-electron chi connectivity index (χ3n) is 2.30. The Morgan fingerprint density at radius 3 is 2.46 bits per heavy atom. The van der Waals surface area contributed by atoms with Crippen LogP contribution in [-0.4, -0.2) is 17.7 Å². The van der Waals surface area contributed by atoms with Crippen molar-refractivity contribution in [2.24, 2.45) is 0 Å². The molecule has 0 radical (unpaired) electrons. The van der Waals surface area contributed by atoms with Crippen molar-refractivity contribution in [2.45, 2.75) is 25.8 Å². The molecule has 13 heavy (non-hydrogen) atoms. The maximum atomic E-state index is 9.54. The van der Waals surface area contributed by atoms with Crippen LogP contribution in [0.25, 0.3) is 0 Å². The van der Waals surface area contributed by atoms with Crippen molar-refractivity contribution in [3.8, 4) is 5.75 Å². The lowest BCUT2D eigenvalue weighted by Gasteiger charge is -2.24. The minimum Gasteiger partial charge on any atom is -0.508 e. The minimum absolute atomic E-state index is 0.0266. The number of aromatic hydroxyl groups is 1. The molecule has 0 saturated heterocycles. The molecular formula is C11H17NO. The fourth-order valence-corrected chi connectivity index (χ4v) is 1.22. The van der Waals surface area contributed by atoms with E-state index in [2.05, 4.69) is 19.2 Å². The zero-order chi connectivity index (χ0) is 9.90. The second-order valence-corrected chi connectivity index (χ2v) is 3.94. The van der Waals surface area contributed by atoms with Crippen molar-refractivity contribution >= 4 is 0 Å². The first-order chi connectivity index (χ1) is 6.05. The van der Waals surface area contributed by atoms with Gasteiger partial charge in [0.15, 0.2) is 0 Å². The van der Waals surface area contributed by atoms with Crippen LogP contribution in [0.4, 0.5) is 0 Å². The molecule has 0 aromatic heterocycles. The van der Waals surface area contributed by atoms with Crippen LogP contribution in [0.1, 0.15) is 19.4 Å². The fourth-order valence-electron chi connectivity index (χ4n) is 1.22. The number of benzene rings is 1. The number of phenols is 1. The molecule has 1 aromatic rings. The summed E-state index contributed by atoms with van der Waals surface area (Å²) in [6, 6.07) is 7.46. The highest BCUT2D eigenvalue weighted by molar-refractivity contribution is 5.32. The third kappa shape index (κ3) is 2.74. The normalized spacial score (nSPS) is 11.6. The van der Waals surface area contributed by atoms with Crippen LogP contribution in [0.2, 0.25) is 0 Å². The molecular weight excluding hydrogens is 162 g/mol. The maximum Gasteiger partial charge on any atom is 0.118 e. The van der Waals surface area contributed by atoms with E-state index >= 15 is 0 Å². The van der Waals surface area contributed by atoms with Crippen molar-refractivity contribution in [1.82, 2.24) is 5.32 Å². The molecule has 0 aliphatic heterocycles. The highest BCUT2D eigenvalue weighted by atomic mass is 16.3. The Morgan fingerprint density at radius 1 is 1.31 bits per heavy atom. The van der Waals surface area contributed by atoms with Gasteiger partial charge >= 0.3 is 0 Å². The van der Waals surface area contributed by atoms with Gasteiger partial charge in [-0.25, -0.2) is 0 Å². The second kappa shape index (κ2) is 3.79. The summed E-state index contributed by atoms with van der Waals surface area (Å²) in [6.45, 7) is 4.22. The second-order valence-electron chi connectivity index (χ2n) is 3.94. The van der Waals surface area contributed by atoms with Crippen molar-refractivity contribution < 1.29 is 5.11 Å². The highest BCUT2D eigenvalue weighted by Gasteiger charge is 2.16. The first-order valence-corrected chi connectivity index (χ1v) is 4.51. The zero-order valence-corrected chi connectivity index (χ0v) is 8.46. The molecule has 2 nitrogen and oxygen atoms in total. The third-order valence-corrected chi connectivity index (χ3v) is 2.30. The van der Waals surface area contributed by atoms with E-state index < -0.39 is 0 Å². The van der Waals surface area contributed by atoms with Gasteiger partial charge < -0.3 is 10.4 Å². The molecule has 2 heteroatoms. The first kappa shape index (κ1) is 10.1. The van der Waals surface area contributed by atoms with E-state index in [0.717, 1.165) is 12.0 Å². The monoisotopic (exact) mass is 179 g/mol. The summed E-state index contributed by atoms with van der Waals surface area (Å²) >= 11 is 0. The summed E-state index contributed by atoms with van der Waals surface area (Å²) in [4.78, 5) is 0. The molecule has 0 atom stereocenters. The van der Waals surface area contributed by atoms with Gasteiger partial charge in [0.2, 0.25) is 0 Å². The minimum atomic E-state index is 0.0266. The summed E-state index contributed by atoms with van der Waals surface area (Å²) in [6.07, 6.45) is 0.830. The van der Waals surface area contributed by atoms with Crippen LogP contribution in [-0.2, 0) is 6.42 Å². The average Bonchev–Trinajstić information content (AvgIpc) is 2.09. The van der Waals surface area contributed by atoms with Crippen LogP contribution in [0.5, 0.6) is 5.75 Å². The van der Waals surface area contributed by atoms with Crippen LogP contribution in [0, 0.1) is 0 Å². The van der Waals surface area contributed by atoms with E-state index in [1.54, 1.807) is 6.07 Å². The van der Waals surface area contributed by atoms with Gasteiger partial charge in [-0.05, 0) is 38.9 Å². The SMILES string of the molecule is CNC(C)(C)Cc1ccccc1O. The molecule has 0 amide bonds. The van der Waals surface area contributed by atoms with Crippen molar-refractivity contribution in [3.63, 3.8) is 0 Å². The Balaban J connectivity index is 2.80. The van der Waals surface area contributed by atoms with Crippen LogP contribution >= 0.6 is 0 Å². The quantitative estimate of drug-likeness (QED) is 0.743. The Bertz CT molecular complexity index is 281. The number of nitrogens with one attached hydrogen (secondary N) is 1. The summed E-state index contributed by atoms with van der Waals surface area (Å²) in [5.74, 6) is 0.380. The average molecular weight is 179 g/mol. The number of phenolic OH excluding ortho intramolecular Hbond substituents is 1. The zero-order valence-electron chi connectivity index (χ0n) is 8.46.